The number of hydrogen-bond acceptors (Lipinski definition) is 0. The van der Waals surface area contributed by atoms with Crippen molar-refractivity contribution in [3.05, 3.63) is 42.8 Å². The molecule has 0 aliphatic rings. The van der Waals surface area contributed by atoms with Gasteiger partial charge in [-0.05, 0) is 0 Å². The van der Waals surface area contributed by atoms with Crippen molar-refractivity contribution in [1.29, 1.82) is 0 Å². The van der Waals surface area contributed by atoms with Gasteiger partial charge in [0.15, 0.2) is 0 Å². The summed E-state index contributed by atoms with van der Waals surface area (Å²) in [5.41, 5.74) is 1.33. The third-order valence-electron chi connectivity index (χ3n) is 1.56. The Hall–Kier alpha value is -0.0917. The summed E-state index contributed by atoms with van der Waals surface area (Å²) in [6.45, 7) is 8.27. The maximum Gasteiger partial charge on any atom is 0 e. The van der Waals surface area contributed by atoms with Crippen molar-refractivity contribution < 1.29 is 21.1 Å². The van der Waals surface area contributed by atoms with E-state index in [1.807, 2.05) is 18.2 Å². The van der Waals surface area contributed by atoms with Gasteiger partial charge in [-0.25, -0.2) is 0 Å². The first-order valence-electron chi connectivity index (χ1n) is 3.51. The maximum atomic E-state index is 4.04. The molecule has 0 spiro atoms. The molecule has 1 rings (SSSR count). The standard InChI is InChI=1S/C10H13.Mo/c1-10(2,3)9-7-5-4-6-8-9;/h4-8H,1H2,2-3H3;/q-1;. The smallest absolute Gasteiger partial charge is 0 e. The summed E-state index contributed by atoms with van der Waals surface area (Å²) >= 11 is 0. The van der Waals surface area contributed by atoms with Crippen LogP contribution in [0, 0.1) is 6.92 Å². The third kappa shape index (κ3) is 3.20. The maximum absolute atomic E-state index is 4.04. The molecule has 0 saturated carbocycles. The van der Waals surface area contributed by atoms with Crippen LogP contribution in [0.5, 0.6) is 0 Å². The van der Waals surface area contributed by atoms with Crippen LogP contribution in [0.4, 0.5) is 0 Å². The first kappa shape index (κ1) is 10.9. The van der Waals surface area contributed by atoms with Crippen LogP contribution < -0.4 is 0 Å². The molecule has 0 heterocycles. The van der Waals surface area contributed by atoms with Gasteiger partial charge in [-0.1, -0.05) is 49.7 Å². The average Bonchev–Trinajstić information content (AvgIpc) is 1.88. The summed E-state index contributed by atoms with van der Waals surface area (Å²) < 4.78 is 0. The van der Waals surface area contributed by atoms with Gasteiger partial charge in [-0.2, -0.15) is 0 Å². The molecular weight excluding hydrogens is 216 g/mol. The van der Waals surface area contributed by atoms with Crippen molar-refractivity contribution in [2.24, 2.45) is 0 Å². The molecule has 0 aliphatic heterocycles. The van der Waals surface area contributed by atoms with Crippen LogP contribution in [-0.4, -0.2) is 0 Å². The summed E-state index contributed by atoms with van der Waals surface area (Å²) in [7, 11) is 0. The molecule has 1 aromatic rings. The Balaban J connectivity index is 0.000001000. The molecule has 1 heteroatoms. The van der Waals surface area contributed by atoms with E-state index in [2.05, 4.69) is 32.9 Å². The van der Waals surface area contributed by atoms with Crippen LogP contribution in [0.1, 0.15) is 19.4 Å². The fourth-order valence-electron chi connectivity index (χ4n) is 0.889. The Kier molecular flexibility index (Phi) is 4.03. The van der Waals surface area contributed by atoms with Crippen molar-refractivity contribution in [3.8, 4) is 0 Å². The van der Waals surface area contributed by atoms with E-state index in [9.17, 15) is 0 Å². The van der Waals surface area contributed by atoms with E-state index >= 15 is 0 Å². The Bertz CT molecular complexity index is 196. The average molecular weight is 229 g/mol. The van der Waals surface area contributed by atoms with Gasteiger partial charge in [-0.3, -0.25) is 0 Å². The van der Waals surface area contributed by atoms with Gasteiger partial charge < -0.3 is 6.92 Å². The van der Waals surface area contributed by atoms with Crippen LogP contribution in [0.2, 0.25) is 0 Å². The summed E-state index contributed by atoms with van der Waals surface area (Å²) in [6.07, 6.45) is 0. The topological polar surface area (TPSA) is 0 Å². The predicted molar refractivity (Wildman–Crippen MR) is 44.8 cm³/mol. The largest absolute Gasteiger partial charge is 0.333 e. The summed E-state index contributed by atoms with van der Waals surface area (Å²) in [5.74, 6) is 0. The Morgan fingerprint density at radius 1 is 1.09 bits per heavy atom. The predicted octanol–water partition coefficient (Wildman–Crippen LogP) is 2.80. The molecule has 0 unspecified atom stereocenters. The molecule has 0 bridgehead atoms. The van der Waals surface area contributed by atoms with Gasteiger partial charge in [0.25, 0.3) is 0 Å². The minimum atomic E-state index is 0. The third-order valence-corrected chi connectivity index (χ3v) is 1.56. The second-order valence-electron chi connectivity index (χ2n) is 3.25. The minimum absolute atomic E-state index is 0. The van der Waals surface area contributed by atoms with Crippen molar-refractivity contribution >= 4 is 0 Å². The molecule has 0 aliphatic carbocycles. The molecule has 11 heavy (non-hydrogen) atoms. The van der Waals surface area contributed by atoms with Gasteiger partial charge >= 0.3 is 0 Å². The second-order valence-corrected chi connectivity index (χ2v) is 3.25. The molecule has 0 fully saturated rings. The van der Waals surface area contributed by atoms with Crippen LogP contribution in [0.3, 0.4) is 0 Å². The van der Waals surface area contributed by atoms with E-state index in [0.717, 1.165) is 0 Å². The van der Waals surface area contributed by atoms with Gasteiger partial charge in [-0.15, -0.1) is 5.41 Å². The summed E-state index contributed by atoms with van der Waals surface area (Å²) in [6, 6.07) is 10.3. The molecule has 0 saturated heterocycles. The minimum Gasteiger partial charge on any atom is -0.333 e. The van der Waals surface area contributed by atoms with Crippen molar-refractivity contribution in [1.82, 2.24) is 0 Å². The van der Waals surface area contributed by atoms with E-state index in [4.69, 9.17) is 0 Å². The second kappa shape index (κ2) is 4.06. The van der Waals surface area contributed by atoms with Crippen LogP contribution in [0.25, 0.3) is 0 Å². The van der Waals surface area contributed by atoms with E-state index in [0.29, 0.717) is 0 Å². The number of benzene rings is 1. The Morgan fingerprint density at radius 3 is 1.82 bits per heavy atom. The van der Waals surface area contributed by atoms with Crippen molar-refractivity contribution in [2.45, 2.75) is 19.3 Å². The van der Waals surface area contributed by atoms with E-state index in [1.165, 1.54) is 5.56 Å². The van der Waals surface area contributed by atoms with Gasteiger partial charge in [0, 0.05) is 21.1 Å². The first-order chi connectivity index (χ1) is 4.61. The normalized spacial score (nSPS) is 10.5. The van der Waals surface area contributed by atoms with Gasteiger partial charge in [0.1, 0.15) is 0 Å². The van der Waals surface area contributed by atoms with Crippen LogP contribution in [0.15, 0.2) is 30.3 Å². The molecule has 0 atom stereocenters. The van der Waals surface area contributed by atoms with Crippen LogP contribution in [-0.2, 0) is 26.5 Å². The molecule has 0 amide bonds. The molecule has 1 aromatic carbocycles. The number of rotatable bonds is 1. The zero-order chi connectivity index (χ0) is 7.61. The zero-order valence-corrected chi connectivity index (χ0v) is 9.01. The SMILES string of the molecule is [CH2-]C(C)(C)c1ccccc1.[Mo]. The number of hydrogen-bond donors (Lipinski definition) is 0. The Morgan fingerprint density at radius 2 is 1.55 bits per heavy atom. The van der Waals surface area contributed by atoms with Crippen LogP contribution >= 0.6 is 0 Å². The monoisotopic (exact) mass is 231 g/mol. The Labute approximate surface area is 83.3 Å². The zero-order valence-electron chi connectivity index (χ0n) is 7.00. The quantitative estimate of drug-likeness (QED) is 0.513. The van der Waals surface area contributed by atoms with E-state index in [-0.39, 0.29) is 26.5 Å². The molecule has 60 valence electrons. The van der Waals surface area contributed by atoms with Gasteiger partial charge in [0.05, 0.1) is 0 Å². The van der Waals surface area contributed by atoms with Gasteiger partial charge in [0.2, 0.25) is 0 Å². The van der Waals surface area contributed by atoms with E-state index in [1.54, 1.807) is 0 Å². The fourth-order valence-corrected chi connectivity index (χ4v) is 0.889. The molecule has 0 nitrogen and oxygen atoms in total. The van der Waals surface area contributed by atoms with E-state index < -0.39 is 0 Å². The molecule has 0 aromatic heterocycles. The van der Waals surface area contributed by atoms with Crippen molar-refractivity contribution in [3.63, 3.8) is 0 Å². The summed E-state index contributed by atoms with van der Waals surface area (Å²) in [5, 5.41) is 0. The molecular formula is C10H13Mo-. The molecule has 0 radical (unpaired) electrons. The summed E-state index contributed by atoms with van der Waals surface area (Å²) in [4.78, 5) is 0. The first-order valence-corrected chi connectivity index (χ1v) is 3.51. The fraction of sp³-hybridized carbons (Fsp3) is 0.300. The van der Waals surface area contributed by atoms with Crippen molar-refractivity contribution in [2.75, 3.05) is 0 Å². The molecule has 0 N–H and O–H groups in total.